The Morgan fingerprint density at radius 2 is 2.19 bits per heavy atom. The van der Waals surface area contributed by atoms with Crippen LogP contribution in [0.15, 0.2) is 34.5 Å². The van der Waals surface area contributed by atoms with Crippen LogP contribution in [0.4, 0.5) is 5.69 Å². The van der Waals surface area contributed by atoms with Crippen molar-refractivity contribution in [3.05, 3.63) is 24.3 Å². The lowest BCUT2D eigenvalue weighted by atomic mass is 10.2. The highest BCUT2D eigenvalue weighted by molar-refractivity contribution is 8.22. The summed E-state index contributed by atoms with van der Waals surface area (Å²) < 4.78 is 0.407. The Kier molecular flexibility index (Phi) is 3.21. The molecule has 0 spiro atoms. The quantitative estimate of drug-likeness (QED) is 0.625. The highest BCUT2D eigenvalue weighted by Crippen LogP contribution is 2.33. The zero-order valence-corrected chi connectivity index (χ0v) is 10.1. The Bertz CT molecular complexity index is 562. The summed E-state index contributed by atoms with van der Waals surface area (Å²) in [6.07, 6.45) is 1.81. The van der Waals surface area contributed by atoms with Gasteiger partial charge in [0, 0.05) is 10.9 Å². The first kappa shape index (κ1) is 11.1. The minimum Gasteiger partial charge on any atom is -0.859 e. The summed E-state index contributed by atoms with van der Waals surface area (Å²) in [6.45, 7) is 0. The van der Waals surface area contributed by atoms with E-state index >= 15 is 0 Å². The lowest BCUT2D eigenvalue weighted by Crippen LogP contribution is -1.88. The van der Waals surface area contributed by atoms with Gasteiger partial charge in [-0.15, -0.1) is 10.2 Å². The van der Waals surface area contributed by atoms with Gasteiger partial charge in [0.15, 0.2) is 4.32 Å². The van der Waals surface area contributed by atoms with Crippen molar-refractivity contribution in [3.8, 4) is 5.88 Å². The van der Waals surface area contributed by atoms with Crippen LogP contribution in [0.1, 0.15) is 0 Å². The summed E-state index contributed by atoms with van der Waals surface area (Å²) in [7, 11) is 0. The van der Waals surface area contributed by atoms with Crippen LogP contribution in [-0.4, -0.2) is 15.6 Å². The molecule has 0 aliphatic carbocycles. The third-order valence-corrected chi connectivity index (χ3v) is 3.06. The van der Waals surface area contributed by atoms with Crippen LogP contribution in [0.25, 0.3) is 10.9 Å². The number of fused-ring (bicyclic) bond motifs is 1. The molecule has 1 heterocycles. The van der Waals surface area contributed by atoms with Crippen molar-refractivity contribution >= 4 is 44.9 Å². The van der Waals surface area contributed by atoms with E-state index in [1.165, 1.54) is 11.8 Å². The van der Waals surface area contributed by atoms with Gasteiger partial charge in [-0.3, -0.25) is 0 Å². The second-order valence-electron chi connectivity index (χ2n) is 3.02. The fraction of sp³-hybridized carbons (Fsp3) is 0.100. The number of rotatable bonds is 1. The van der Waals surface area contributed by atoms with Crippen LogP contribution in [0.3, 0.4) is 0 Å². The maximum Gasteiger partial charge on any atom is 0.182 e. The summed E-state index contributed by atoms with van der Waals surface area (Å²) in [5.41, 5.74) is 1.07. The molecule has 16 heavy (non-hydrogen) atoms. The number of thioether (sulfide) groups is 1. The molecule has 6 heteroatoms. The van der Waals surface area contributed by atoms with Crippen molar-refractivity contribution < 1.29 is 5.11 Å². The molecule has 0 aliphatic rings. The molecule has 2 rings (SSSR count). The standard InChI is InChI=1S/C10H9N3OS2/c1-16-10(15)13-12-8-6-4-2-3-5-7(6)11-9(8)14/h2-5,11,14H,1H3/p-1. The molecule has 0 amide bonds. The Labute approximate surface area is 102 Å². The predicted molar refractivity (Wildman–Crippen MR) is 68.4 cm³/mol. The fourth-order valence-electron chi connectivity index (χ4n) is 1.33. The van der Waals surface area contributed by atoms with Gasteiger partial charge in [0.1, 0.15) is 5.69 Å². The molecule has 0 aliphatic heterocycles. The van der Waals surface area contributed by atoms with E-state index < -0.39 is 0 Å². The molecule has 2 aromatic rings. The number of H-pyrrole nitrogens is 1. The second kappa shape index (κ2) is 4.63. The first-order valence-corrected chi connectivity index (χ1v) is 6.13. The first-order chi connectivity index (χ1) is 7.72. The van der Waals surface area contributed by atoms with E-state index in [0.29, 0.717) is 10.0 Å². The smallest absolute Gasteiger partial charge is 0.182 e. The number of benzene rings is 1. The largest absolute Gasteiger partial charge is 0.859 e. The number of aromatic amines is 1. The Balaban J connectivity index is 2.47. The zero-order chi connectivity index (χ0) is 11.5. The molecule has 0 atom stereocenters. The van der Waals surface area contributed by atoms with Gasteiger partial charge in [-0.2, -0.15) is 0 Å². The lowest BCUT2D eigenvalue weighted by Gasteiger charge is -2.00. The van der Waals surface area contributed by atoms with Gasteiger partial charge in [-0.1, -0.05) is 30.0 Å². The van der Waals surface area contributed by atoms with Gasteiger partial charge in [-0.05, 0) is 30.4 Å². The molecule has 1 N–H and O–H groups in total. The third kappa shape index (κ3) is 2.07. The molecule has 0 unspecified atom stereocenters. The van der Waals surface area contributed by atoms with Crippen LogP contribution in [-0.2, 0) is 0 Å². The van der Waals surface area contributed by atoms with Gasteiger partial charge in [0.05, 0.1) is 0 Å². The topological polar surface area (TPSA) is 63.6 Å². The van der Waals surface area contributed by atoms with E-state index in [0.717, 1.165) is 10.9 Å². The van der Waals surface area contributed by atoms with Gasteiger partial charge in [-0.25, -0.2) is 0 Å². The summed E-state index contributed by atoms with van der Waals surface area (Å²) >= 11 is 6.20. The molecule has 0 bridgehead atoms. The van der Waals surface area contributed by atoms with Crippen LogP contribution in [0.5, 0.6) is 5.88 Å². The summed E-state index contributed by atoms with van der Waals surface area (Å²) in [6, 6.07) is 7.35. The summed E-state index contributed by atoms with van der Waals surface area (Å²) in [5.74, 6) is -0.242. The van der Waals surface area contributed by atoms with Crippen molar-refractivity contribution in [2.24, 2.45) is 10.2 Å². The fourth-order valence-corrected chi connectivity index (χ4v) is 1.50. The number of hydrogen-bond acceptors (Lipinski definition) is 4. The summed E-state index contributed by atoms with van der Waals surface area (Å²) in [4.78, 5) is 2.71. The SMILES string of the molecule is CSC(=S)N=Nc1c([O-])[nH]c2ccccc12. The predicted octanol–water partition coefficient (Wildman–Crippen LogP) is 2.97. The molecule has 0 fully saturated rings. The third-order valence-electron chi connectivity index (χ3n) is 2.05. The minimum atomic E-state index is -0.242. The highest BCUT2D eigenvalue weighted by atomic mass is 32.2. The van der Waals surface area contributed by atoms with Crippen LogP contribution in [0, 0.1) is 0 Å². The first-order valence-electron chi connectivity index (χ1n) is 4.50. The monoisotopic (exact) mass is 250 g/mol. The molecule has 82 valence electrons. The minimum absolute atomic E-state index is 0.242. The normalized spacial score (nSPS) is 11.3. The van der Waals surface area contributed by atoms with Gasteiger partial charge in [0.2, 0.25) is 0 Å². The number of thiocarbonyl (C=S) groups is 1. The van der Waals surface area contributed by atoms with Gasteiger partial charge < -0.3 is 10.1 Å². The summed E-state index contributed by atoms with van der Waals surface area (Å²) in [5, 5.41) is 20.0. The number of nitrogens with zero attached hydrogens (tertiary/aromatic N) is 2. The lowest BCUT2D eigenvalue weighted by molar-refractivity contribution is -0.273. The Hall–Kier alpha value is -1.40. The number of hydrogen-bond donors (Lipinski definition) is 1. The van der Waals surface area contributed by atoms with Gasteiger partial charge in [0.25, 0.3) is 0 Å². The van der Waals surface area contributed by atoms with E-state index in [9.17, 15) is 5.11 Å². The zero-order valence-electron chi connectivity index (χ0n) is 8.43. The van der Waals surface area contributed by atoms with Crippen LogP contribution >= 0.6 is 24.0 Å². The molecular weight excluding hydrogens is 242 g/mol. The molecular formula is C10H8N3OS2-. The van der Waals surface area contributed by atoms with Crippen molar-refractivity contribution in [3.63, 3.8) is 0 Å². The van der Waals surface area contributed by atoms with E-state index in [1.54, 1.807) is 0 Å². The second-order valence-corrected chi connectivity index (χ2v) is 4.46. The van der Waals surface area contributed by atoms with E-state index in [-0.39, 0.29) is 5.88 Å². The highest BCUT2D eigenvalue weighted by Gasteiger charge is 2.03. The van der Waals surface area contributed by atoms with Crippen molar-refractivity contribution in [2.45, 2.75) is 0 Å². The Morgan fingerprint density at radius 3 is 2.94 bits per heavy atom. The molecule has 1 aromatic heterocycles. The maximum atomic E-state index is 11.6. The molecule has 0 saturated carbocycles. The van der Waals surface area contributed by atoms with Crippen LogP contribution in [0.2, 0.25) is 0 Å². The average Bonchev–Trinajstić information content (AvgIpc) is 2.62. The molecule has 0 radical (unpaired) electrons. The Morgan fingerprint density at radius 1 is 1.44 bits per heavy atom. The number of nitrogens with one attached hydrogen (secondary N) is 1. The van der Waals surface area contributed by atoms with E-state index in [4.69, 9.17) is 12.2 Å². The molecule has 1 aromatic carbocycles. The molecule has 4 nitrogen and oxygen atoms in total. The van der Waals surface area contributed by atoms with Crippen molar-refractivity contribution in [1.29, 1.82) is 0 Å². The number of azo groups is 1. The maximum absolute atomic E-state index is 11.6. The number of aromatic nitrogens is 1. The van der Waals surface area contributed by atoms with E-state index in [2.05, 4.69) is 15.2 Å². The average molecular weight is 250 g/mol. The van der Waals surface area contributed by atoms with E-state index in [1.807, 2.05) is 30.5 Å². The van der Waals surface area contributed by atoms with Crippen LogP contribution < -0.4 is 5.11 Å². The van der Waals surface area contributed by atoms with Gasteiger partial charge >= 0.3 is 0 Å². The van der Waals surface area contributed by atoms with Crippen molar-refractivity contribution in [2.75, 3.05) is 6.26 Å². The number of para-hydroxylation sites is 1. The molecule has 0 saturated heterocycles. The van der Waals surface area contributed by atoms with Crippen molar-refractivity contribution in [1.82, 2.24) is 4.98 Å².